The van der Waals surface area contributed by atoms with E-state index in [-0.39, 0.29) is 47.3 Å². The van der Waals surface area contributed by atoms with Crippen LogP contribution in [0.1, 0.15) is 20.7 Å². The van der Waals surface area contributed by atoms with Crippen molar-refractivity contribution < 1.29 is 55.6 Å². The van der Waals surface area contributed by atoms with Crippen molar-refractivity contribution >= 4 is 70.6 Å². The van der Waals surface area contributed by atoms with Crippen molar-refractivity contribution in [2.45, 2.75) is 9.79 Å². The van der Waals surface area contributed by atoms with Gasteiger partial charge in [-0.3, -0.25) is 9.44 Å². The summed E-state index contributed by atoms with van der Waals surface area (Å²) in [5, 5.41) is 21.1. The van der Waals surface area contributed by atoms with E-state index in [9.17, 15) is 26.4 Å². The largest absolute Gasteiger partial charge is 0.490 e. The maximum Gasteiger partial charge on any atom is 0.335 e. The Balaban J connectivity index is 0.000000205. The van der Waals surface area contributed by atoms with Crippen molar-refractivity contribution in [1.82, 2.24) is 0 Å². The molecule has 0 bridgehead atoms. The van der Waals surface area contributed by atoms with Gasteiger partial charge in [0.2, 0.25) is 0 Å². The van der Waals surface area contributed by atoms with Gasteiger partial charge in [-0.2, -0.15) is 0 Å². The minimum atomic E-state index is -3.92. The molecule has 4 N–H and O–H groups in total. The summed E-state index contributed by atoms with van der Waals surface area (Å²) in [6, 6.07) is 48.9. The van der Waals surface area contributed by atoms with Gasteiger partial charge in [-0.15, -0.1) is 0 Å². The standard InChI is InChI=1S/C27H26N2O6S.C25H21NO6S/c1-29(2)24-10-5-8-22-21(24)7-6-12-26(22)36(32,33)28-23-9-3-4-11-25(23)35-18-17-34-20-15-13-19(14-16-20)27(30)31;27-25(28)19-9-12-21(13-10-19)31-15-16-32-24-8-4-3-7-23(24)26-33(29,30)22-14-11-18-5-1-2-6-20(18)17-22/h3-16,28H,17-18H2,1-2H3,(H,30,31);1-14,17,26H,15-16H2,(H,27,28). The number of sulfonamides is 2. The quantitative estimate of drug-likeness (QED) is 0.0558. The van der Waals surface area contributed by atoms with Crippen LogP contribution in [-0.2, 0) is 20.0 Å². The van der Waals surface area contributed by atoms with E-state index in [0.29, 0.717) is 39.8 Å². The fourth-order valence-corrected chi connectivity index (χ4v) is 9.39. The Labute approximate surface area is 399 Å². The second-order valence-corrected chi connectivity index (χ2v) is 18.6. The highest BCUT2D eigenvalue weighted by atomic mass is 32.2. The number of carboxylic acid groups (broad SMARTS) is 2. The van der Waals surface area contributed by atoms with Crippen molar-refractivity contribution in [2.75, 3.05) is 54.9 Å². The Hall–Kier alpha value is -8.28. The van der Waals surface area contributed by atoms with E-state index < -0.39 is 32.0 Å². The molecule has 17 heteroatoms. The molecule has 15 nitrogen and oxygen atoms in total. The van der Waals surface area contributed by atoms with Crippen LogP contribution in [0, 0.1) is 0 Å². The van der Waals surface area contributed by atoms with Gasteiger partial charge in [-0.1, -0.05) is 78.9 Å². The first-order valence-corrected chi connectivity index (χ1v) is 24.2. The summed E-state index contributed by atoms with van der Waals surface area (Å²) in [6.07, 6.45) is 0. The monoisotopic (exact) mass is 969 g/mol. The number of hydrogen-bond acceptors (Lipinski definition) is 11. The SMILES string of the molecule is CN(C)c1cccc2c(S(=O)(=O)Nc3ccccc3OCCOc3ccc(C(=O)O)cc3)cccc12.O=C(O)c1ccc(OCCOc2ccccc2NS(=O)(=O)c2ccc3ccccc3c2)cc1. The fraction of sp³-hybridized carbons (Fsp3) is 0.115. The van der Waals surface area contributed by atoms with Crippen LogP contribution in [0.4, 0.5) is 17.1 Å². The molecule has 0 aliphatic carbocycles. The van der Waals surface area contributed by atoms with Gasteiger partial charge in [-0.05, 0) is 108 Å². The Morgan fingerprint density at radius 1 is 0.478 bits per heavy atom. The van der Waals surface area contributed by atoms with Gasteiger partial charge in [0.25, 0.3) is 20.0 Å². The third-order valence-electron chi connectivity index (χ3n) is 10.3. The number of carboxylic acids is 2. The summed E-state index contributed by atoms with van der Waals surface area (Å²) in [6.45, 7) is 0.692. The van der Waals surface area contributed by atoms with Crippen molar-refractivity contribution in [3.8, 4) is 23.0 Å². The molecule has 8 aromatic carbocycles. The molecular formula is C52H47N3O12S2. The topological polar surface area (TPSA) is 207 Å². The number of hydrogen-bond donors (Lipinski definition) is 4. The minimum absolute atomic E-state index is 0.153. The van der Waals surface area contributed by atoms with Gasteiger partial charge < -0.3 is 34.1 Å². The molecule has 0 amide bonds. The normalized spacial score (nSPS) is 11.2. The molecule has 0 aromatic heterocycles. The lowest BCUT2D eigenvalue weighted by atomic mass is 10.1. The molecule has 0 spiro atoms. The first-order chi connectivity index (χ1) is 33.2. The second kappa shape index (κ2) is 22.0. The molecule has 0 heterocycles. The molecule has 0 aliphatic rings. The number of ether oxygens (including phenoxy) is 4. The number of rotatable bonds is 19. The van der Waals surface area contributed by atoms with Crippen molar-refractivity contribution in [2.24, 2.45) is 0 Å². The highest BCUT2D eigenvalue weighted by molar-refractivity contribution is 7.93. The molecule has 0 fully saturated rings. The predicted octanol–water partition coefficient (Wildman–Crippen LogP) is 9.66. The van der Waals surface area contributed by atoms with E-state index in [1.807, 2.05) is 61.5 Å². The van der Waals surface area contributed by atoms with Crippen LogP contribution >= 0.6 is 0 Å². The van der Waals surface area contributed by atoms with Crippen LogP contribution in [0.2, 0.25) is 0 Å². The zero-order chi connectivity index (χ0) is 49.0. The Morgan fingerprint density at radius 2 is 0.942 bits per heavy atom. The Kier molecular flexibility index (Phi) is 15.5. The molecule has 0 radical (unpaired) electrons. The average Bonchev–Trinajstić information content (AvgIpc) is 3.34. The summed E-state index contributed by atoms with van der Waals surface area (Å²) in [4.78, 5) is 24.1. The smallest absolute Gasteiger partial charge is 0.335 e. The van der Waals surface area contributed by atoms with Crippen LogP contribution in [0.15, 0.2) is 186 Å². The van der Waals surface area contributed by atoms with E-state index in [0.717, 1.165) is 21.8 Å². The number of fused-ring (bicyclic) bond motifs is 2. The highest BCUT2D eigenvalue weighted by Crippen LogP contribution is 2.33. The number of nitrogens with one attached hydrogen (secondary N) is 2. The maximum atomic E-state index is 13.4. The molecule has 0 saturated carbocycles. The van der Waals surface area contributed by atoms with Gasteiger partial charge in [0.1, 0.15) is 49.4 Å². The van der Waals surface area contributed by atoms with Gasteiger partial charge >= 0.3 is 11.9 Å². The molecule has 8 rings (SSSR count). The van der Waals surface area contributed by atoms with Crippen LogP contribution < -0.4 is 33.3 Å². The van der Waals surface area contributed by atoms with Gasteiger partial charge in [0, 0.05) is 30.6 Å². The van der Waals surface area contributed by atoms with Crippen molar-refractivity contribution in [3.63, 3.8) is 0 Å². The number of nitrogens with zero attached hydrogens (tertiary/aromatic N) is 1. The molecular weight excluding hydrogens is 923 g/mol. The number of aromatic carboxylic acids is 2. The lowest BCUT2D eigenvalue weighted by molar-refractivity contribution is 0.0686. The molecule has 69 heavy (non-hydrogen) atoms. The van der Waals surface area contributed by atoms with Crippen LogP contribution in [0.25, 0.3) is 21.5 Å². The highest BCUT2D eigenvalue weighted by Gasteiger charge is 2.21. The first-order valence-electron chi connectivity index (χ1n) is 21.3. The van der Waals surface area contributed by atoms with E-state index in [1.54, 1.807) is 109 Å². The van der Waals surface area contributed by atoms with E-state index in [1.165, 1.54) is 24.3 Å². The average molecular weight is 970 g/mol. The lowest BCUT2D eigenvalue weighted by Gasteiger charge is -2.18. The van der Waals surface area contributed by atoms with E-state index in [2.05, 4.69) is 9.44 Å². The van der Waals surface area contributed by atoms with Crippen LogP contribution in [0.3, 0.4) is 0 Å². The lowest BCUT2D eigenvalue weighted by Crippen LogP contribution is -2.16. The molecule has 0 aliphatic heterocycles. The summed E-state index contributed by atoms with van der Waals surface area (Å²) < 4.78 is 80.6. The number of benzene rings is 8. The fourth-order valence-electron chi connectivity index (χ4n) is 6.99. The number of para-hydroxylation sites is 4. The summed E-state index contributed by atoms with van der Waals surface area (Å²) >= 11 is 0. The first kappa shape index (κ1) is 48.6. The third-order valence-corrected chi connectivity index (χ3v) is 13.1. The van der Waals surface area contributed by atoms with Gasteiger partial charge in [-0.25, -0.2) is 26.4 Å². The molecule has 0 saturated heterocycles. The van der Waals surface area contributed by atoms with Crippen LogP contribution in [0.5, 0.6) is 23.0 Å². The molecule has 354 valence electrons. The van der Waals surface area contributed by atoms with Crippen molar-refractivity contribution in [1.29, 1.82) is 0 Å². The second-order valence-electron chi connectivity index (χ2n) is 15.3. The minimum Gasteiger partial charge on any atom is -0.490 e. The third kappa shape index (κ3) is 12.6. The number of carbonyl (C=O) groups is 2. The molecule has 8 aromatic rings. The zero-order valence-electron chi connectivity index (χ0n) is 37.3. The zero-order valence-corrected chi connectivity index (χ0v) is 38.9. The summed E-state index contributed by atoms with van der Waals surface area (Å²) in [5.41, 5.74) is 1.89. The van der Waals surface area contributed by atoms with Gasteiger partial charge in [0.05, 0.1) is 32.3 Å². The maximum absolute atomic E-state index is 13.4. The molecule has 0 unspecified atom stereocenters. The Morgan fingerprint density at radius 3 is 1.48 bits per heavy atom. The van der Waals surface area contributed by atoms with E-state index >= 15 is 0 Å². The Bertz CT molecular complexity index is 3310. The van der Waals surface area contributed by atoms with Gasteiger partial charge in [0.15, 0.2) is 0 Å². The molecule has 0 atom stereocenters. The van der Waals surface area contributed by atoms with E-state index in [4.69, 9.17) is 29.2 Å². The number of anilines is 3. The van der Waals surface area contributed by atoms with Crippen molar-refractivity contribution in [3.05, 3.63) is 187 Å². The predicted molar refractivity (Wildman–Crippen MR) is 266 cm³/mol. The summed E-state index contributed by atoms with van der Waals surface area (Å²) in [5.74, 6) is -0.274. The van der Waals surface area contributed by atoms with Crippen LogP contribution in [-0.4, -0.2) is 79.5 Å². The summed E-state index contributed by atoms with van der Waals surface area (Å²) in [7, 11) is -3.91.